The molecule has 0 aliphatic rings. The van der Waals surface area contributed by atoms with E-state index in [4.69, 9.17) is 0 Å². The number of aromatic hydroxyl groups is 1. The SMILES string of the molecule is O=c1[nH]c2c(O)ccc(CCNC(CCCCNCCc3ccccc3)=S(=O)=O)c2s1. The van der Waals surface area contributed by atoms with E-state index in [2.05, 4.69) is 27.8 Å². The number of nitrogens with one attached hydrogen (secondary N) is 3. The predicted molar refractivity (Wildman–Crippen MR) is 127 cm³/mol. The number of rotatable bonds is 11. The Balaban J connectivity index is 1.38. The molecule has 0 bridgehead atoms. The second kappa shape index (κ2) is 11.8. The fourth-order valence-electron chi connectivity index (χ4n) is 3.38. The van der Waals surface area contributed by atoms with Gasteiger partial charge in [0, 0.05) is 6.54 Å². The molecule has 0 saturated heterocycles. The van der Waals surface area contributed by atoms with Crippen molar-refractivity contribution < 1.29 is 13.5 Å². The summed E-state index contributed by atoms with van der Waals surface area (Å²) in [6, 6.07) is 13.6. The van der Waals surface area contributed by atoms with Gasteiger partial charge in [-0.1, -0.05) is 47.7 Å². The maximum absolute atomic E-state index is 11.6. The second-order valence-corrected chi connectivity index (χ2v) is 9.19. The molecule has 31 heavy (non-hydrogen) atoms. The smallest absolute Gasteiger partial charge is 0.305 e. The van der Waals surface area contributed by atoms with Crippen LogP contribution in [0.5, 0.6) is 5.75 Å². The second-order valence-electron chi connectivity index (χ2n) is 7.24. The van der Waals surface area contributed by atoms with E-state index in [0.29, 0.717) is 34.6 Å². The van der Waals surface area contributed by atoms with E-state index in [1.54, 1.807) is 12.1 Å². The molecule has 1 aromatic heterocycles. The van der Waals surface area contributed by atoms with Crippen LogP contribution >= 0.6 is 11.3 Å². The number of thiazole rings is 1. The Labute approximate surface area is 186 Å². The van der Waals surface area contributed by atoms with Crippen LogP contribution in [0.1, 0.15) is 30.4 Å². The molecule has 0 fully saturated rings. The van der Waals surface area contributed by atoms with Gasteiger partial charge in [0.05, 0.1) is 4.70 Å². The normalized spacial score (nSPS) is 11.1. The Kier molecular flexibility index (Phi) is 8.84. The molecule has 3 aromatic rings. The van der Waals surface area contributed by atoms with Crippen LogP contribution < -0.4 is 15.5 Å². The first kappa shape index (κ1) is 23.2. The van der Waals surface area contributed by atoms with Crippen LogP contribution in [0.2, 0.25) is 0 Å². The van der Waals surface area contributed by atoms with Gasteiger partial charge in [0.15, 0.2) is 0 Å². The zero-order valence-corrected chi connectivity index (χ0v) is 18.8. The van der Waals surface area contributed by atoms with Gasteiger partial charge in [0.1, 0.15) is 16.3 Å². The first-order valence-corrected chi connectivity index (χ1v) is 12.2. The van der Waals surface area contributed by atoms with E-state index in [1.807, 2.05) is 18.2 Å². The molecule has 7 nitrogen and oxygen atoms in total. The summed E-state index contributed by atoms with van der Waals surface area (Å²) >= 11 is 1.05. The molecule has 166 valence electrons. The zero-order valence-electron chi connectivity index (χ0n) is 17.2. The molecule has 9 heteroatoms. The average molecular weight is 462 g/mol. The van der Waals surface area contributed by atoms with Crippen LogP contribution in [0.3, 0.4) is 0 Å². The maximum atomic E-state index is 11.6. The van der Waals surface area contributed by atoms with Crippen molar-refractivity contribution in [2.75, 3.05) is 19.6 Å². The van der Waals surface area contributed by atoms with Gasteiger partial charge in [0.2, 0.25) is 10.3 Å². The molecule has 0 aliphatic carbocycles. The molecule has 0 aliphatic heterocycles. The van der Waals surface area contributed by atoms with Crippen molar-refractivity contribution in [2.24, 2.45) is 0 Å². The van der Waals surface area contributed by atoms with Crippen molar-refractivity contribution in [2.45, 2.75) is 32.1 Å². The Hall–Kier alpha value is -2.46. The summed E-state index contributed by atoms with van der Waals surface area (Å²) in [7, 11) is -2.28. The maximum Gasteiger partial charge on any atom is 0.305 e. The van der Waals surface area contributed by atoms with E-state index in [0.717, 1.165) is 49.3 Å². The van der Waals surface area contributed by atoms with Gasteiger partial charge in [-0.25, -0.2) is 0 Å². The minimum Gasteiger partial charge on any atom is -0.506 e. The van der Waals surface area contributed by atoms with Gasteiger partial charge in [-0.05, 0) is 62.4 Å². The van der Waals surface area contributed by atoms with E-state index >= 15 is 0 Å². The number of phenolic OH excluding ortho intramolecular Hbond substituents is 1. The Morgan fingerprint density at radius 1 is 1.00 bits per heavy atom. The number of hydrogen-bond acceptors (Lipinski definition) is 6. The van der Waals surface area contributed by atoms with Crippen LogP contribution in [0, 0.1) is 0 Å². The van der Waals surface area contributed by atoms with E-state index in [-0.39, 0.29) is 10.6 Å². The third kappa shape index (κ3) is 7.03. The Morgan fingerprint density at radius 3 is 2.58 bits per heavy atom. The molecule has 3 rings (SSSR count). The number of aromatic nitrogens is 1. The molecule has 0 unspecified atom stereocenters. The lowest BCUT2D eigenvalue weighted by Crippen LogP contribution is -2.27. The summed E-state index contributed by atoms with van der Waals surface area (Å²) in [6.07, 6.45) is 3.67. The number of phenols is 1. The average Bonchev–Trinajstić information content (AvgIpc) is 3.16. The first-order valence-electron chi connectivity index (χ1n) is 10.3. The van der Waals surface area contributed by atoms with Crippen LogP contribution in [0.15, 0.2) is 47.3 Å². The highest BCUT2D eigenvalue weighted by Gasteiger charge is 2.10. The molecule has 0 atom stereocenters. The van der Waals surface area contributed by atoms with Crippen LogP contribution in [-0.4, -0.2) is 43.1 Å². The highest BCUT2D eigenvalue weighted by molar-refractivity contribution is 7.72. The lowest BCUT2D eigenvalue weighted by atomic mass is 10.1. The summed E-state index contributed by atoms with van der Waals surface area (Å²) in [6.45, 7) is 2.19. The molecule has 1 heterocycles. The van der Waals surface area contributed by atoms with Gasteiger partial charge in [-0.3, -0.25) is 10.1 Å². The molecule has 4 N–H and O–H groups in total. The van der Waals surface area contributed by atoms with Crippen molar-refractivity contribution in [1.82, 2.24) is 15.6 Å². The number of H-pyrrole nitrogens is 1. The van der Waals surface area contributed by atoms with Crippen molar-refractivity contribution >= 4 is 36.8 Å². The van der Waals surface area contributed by atoms with E-state index in [1.165, 1.54) is 5.56 Å². The van der Waals surface area contributed by atoms with Gasteiger partial charge in [-0.15, -0.1) is 0 Å². The van der Waals surface area contributed by atoms with Gasteiger partial charge < -0.3 is 15.4 Å². The van der Waals surface area contributed by atoms with Crippen molar-refractivity contribution in [3.8, 4) is 5.75 Å². The molecule has 0 radical (unpaired) electrons. The summed E-state index contributed by atoms with van der Waals surface area (Å²) in [5.74, 6) is 0.0374. The van der Waals surface area contributed by atoms with E-state index in [9.17, 15) is 18.3 Å². The molecule has 2 aromatic carbocycles. The quantitative estimate of drug-likeness (QED) is 0.258. The van der Waals surface area contributed by atoms with Gasteiger partial charge in [-0.2, -0.15) is 8.42 Å². The summed E-state index contributed by atoms with van der Waals surface area (Å²) in [5.41, 5.74) is 2.63. The summed E-state index contributed by atoms with van der Waals surface area (Å²) < 4.78 is 23.8. The van der Waals surface area contributed by atoms with Crippen LogP contribution in [0.25, 0.3) is 10.2 Å². The first-order chi connectivity index (χ1) is 15.0. The lowest BCUT2D eigenvalue weighted by molar-refractivity contribution is 0.480. The van der Waals surface area contributed by atoms with Gasteiger partial charge in [0.25, 0.3) is 0 Å². The number of fused-ring (bicyclic) bond motifs is 1. The molecule has 0 spiro atoms. The molecule has 0 amide bonds. The minimum atomic E-state index is -2.28. The molecule has 0 saturated carbocycles. The fraction of sp³-hybridized carbons (Fsp3) is 0.364. The Bertz CT molecular complexity index is 1180. The predicted octanol–water partition coefficient (Wildman–Crippen LogP) is 2.44. The van der Waals surface area contributed by atoms with Crippen LogP contribution in [-0.2, 0) is 23.1 Å². The summed E-state index contributed by atoms with van der Waals surface area (Å²) in [5, 5.41) is 16.3. The third-order valence-electron chi connectivity index (χ3n) is 5.00. The highest BCUT2D eigenvalue weighted by atomic mass is 32.2. The van der Waals surface area contributed by atoms with Crippen molar-refractivity contribution in [3.63, 3.8) is 0 Å². The zero-order chi connectivity index (χ0) is 22.1. The van der Waals surface area contributed by atoms with Crippen molar-refractivity contribution in [3.05, 3.63) is 63.3 Å². The number of aromatic amines is 1. The Morgan fingerprint density at radius 2 is 1.81 bits per heavy atom. The number of hydrogen-bond donors (Lipinski definition) is 4. The third-order valence-corrected chi connectivity index (χ3v) is 6.71. The molecular weight excluding hydrogens is 434 g/mol. The van der Waals surface area contributed by atoms with Crippen molar-refractivity contribution in [1.29, 1.82) is 0 Å². The number of benzene rings is 2. The molecular formula is C22H27N3O4S2. The lowest BCUT2D eigenvalue weighted by Gasteiger charge is -2.08. The minimum absolute atomic E-state index is 0.0374. The largest absolute Gasteiger partial charge is 0.506 e. The monoisotopic (exact) mass is 461 g/mol. The van der Waals surface area contributed by atoms with E-state index < -0.39 is 10.3 Å². The fourth-order valence-corrected chi connectivity index (χ4v) is 4.80. The number of unbranched alkanes of at least 4 members (excludes halogenated alkanes) is 1. The van der Waals surface area contributed by atoms with Gasteiger partial charge >= 0.3 is 4.87 Å². The highest BCUT2D eigenvalue weighted by Crippen LogP contribution is 2.27. The van der Waals surface area contributed by atoms with Crippen LogP contribution in [0.4, 0.5) is 0 Å². The summed E-state index contributed by atoms with van der Waals surface area (Å²) in [4.78, 5) is 14.3. The topological polar surface area (TPSA) is 111 Å². The standard InChI is InChI=1S/C22H27N3O4S2/c26-18-10-9-17(21-20(18)25-22(27)30-21)12-15-24-19(31(28)29)8-4-5-13-23-14-11-16-6-2-1-3-7-16/h1-3,6-7,9-10,23-24,26H,4-5,8,11-15H2,(H,25,27).